The predicted molar refractivity (Wildman–Crippen MR) is 147 cm³/mol. The molecule has 204 valence electrons. The molecule has 0 spiro atoms. The third kappa shape index (κ3) is 4.44. The van der Waals surface area contributed by atoms with Gasteiger partial charge in [0.1, 0.15) is 17.5 Å². The van der Waals surface area contributed by atoms with Crippen molar-refractivity contribution in [1.82, 2.24) is 15.0 Å². The topological polar surface area (TPSA) is 125 Å². The number of aromatic nitrogens is 3. The second-order valence-electron chi connectivity index (χ2n) is 11.3. The van der Waals surface area contributed by atoms with Gasteiger partial charge < -0.3 is 10.4 Å². The largest absolute Gasteiger partial charge is 0.481 e. The minimum Gasteiger partial charge on any atom is -0.481 e. The Morgan fingerprint density at radius 2 is 1.67 bits per heavy atom. The summed E-state index contributed by atoms with van der Waals surface area (Å²) in [5.74, 6) is 0.372. The number of rotatable bonds is 6. The van der Waals surface area contributed by atoms with Gasteiger partial charge in [0.05, 0.1) is 23.3 Å². The van der Waals surface area contributed by atoms with E-state index in [0.717, 1.165) is 47.9 Å². The smallest absolute Gasteiger partial charge is 0.308 e. The van der Waals surface area contributed by atoms with Crippen LogP contribution >= 0.6 is 0 Å². The van der Waals surface area contributed by atoms with Crippen molar-refractivity contribution < 1.29 is 18.3 Å². The number of aliphatic carboxylic acids is 1. The minimum atomic E-state index is -3.85. The van der Waals surface area contributed by atoms with E-state index >= 15 is 0 Å². The van der Waals surface area contributed by atoms with E-state index in [0.29, 0.717) is 23.4 Å². The average Bonchev–Trinajstić information content (AvgIpc) is 3.30. The van der Waals surface area contributed by atoms with E-state index in [1.54, 1.807) is 36.7 Å². The molecule has 3 fully saturated rings. The van der Waals surface area contributed by atoms with Gasteiger partial charge in [0.15, 0.2) is 0 Å². The number of carboxylic acid groups (broad SMARTS) is 1. The Morgan fingerprint density at radius 1 is 0.974 bits per heavy atom. The maximum atomic E-state index is 13.7. The van der Waals surface area contributed by atoms with Crippen LogP contribution in [0.1, 0.15) is 59.7 Å². The van der Waals surface area contributed by atoms with Gasteiger partial charge in [0.25, 0.3) is 10.0 Å². The zero-order valence-electron chi connectivity index (χ0n) is 22.3. The first-order valence-corrected chi connectivity index (χ1v) is 15.0. The van der Waals surface area contributed by atoms with Crippen molar-refractivity contribution in [1.29, 1.82) is 0 Å². The number of aryl methyl sites for hydroxylation is 3. The highest BCUT2D eigenvalue weighted by molar-refractivity contribution is 7.92. The second-order valence-corrected chi connectivity index (χ2v) is 13.2. The molecule has 0 amide bonds. The number of nitrogens with zero attached hydrogens (tertiary/aromatic N) is 4. The van der Waals surface area contributed by atoms with Crippen LogP contribution in [0.5, 0.6) is 0 Å². The van der Waals surface area contributed by atoms with E-state index < -0.39 is 27.8 Å². The molecule has 2 N–H and O–H groups in total. The summed E-state index contributed by atoms with van der Waals surface area (Å²) in [4.78, 5) is 26.5. The van der Waals surface area contributed by atoms with Gasteiger partial charge in [-0.05, 0) is 76.0 Å². The maximum Gasteiger partial charge on any atom is 0.308 e. The molecule has 9 nitrogen and oxygen atoms in total. The van der Waals surface area contributed by atoms with Crippen LogP contribution in [0.3, 0.4) is 0 Å². The molecule has 0 radical (unpaired) electrons. The number of hydrogen-bond donors (Lipinski definition) is 2. The Balaban J connectivity index is 1.36. The molecule has 7 rings (SSSR count). The molecule has 0 saturated heterocycles. The normalized spacial score (nSPS) is 25.9. The maximum absolute atomic E-state index is 13.7. The number of hydrogen-bond acceptors (Lipinski definition) is 7. The molecule has 3 saturated carbocycles. The van der Waals surface area contributed by atoms with Crippen molar-refractivity contribution in [3.63, 3.8) is 0 Å². The van der Waals surface area contributed by atoms with Crippen molar-refractivity contribution in [2.24, 2.45) is 17.8 Å². The fourth-order valence-corrected chi connectivity index (χ4v) is 8.07. The van der Waals surface area contributed by atoms with Crippen molar-refractivity contribution in [3.05, 3.63) is 70.8 Å². The Kier molecular flexibility index (Phi) is 6.32. The third-order valence-corrected chi connectivity index (χ3v) is 10.5. The van der Waals surface area contributed by atoms with Crippen molar-refractivity contribution in [2.75, 3.05) is 16.2 Å². The van der Waals surface area contributed by atoms with Crippen LogP contribution in [-0.4, -0.2) is 47.0 Å². The van der Waals surface area contributed by atoms with E-state index in [9.17, 15) is 18.3 Å². The predicted octanol–water partition coefficient (Wildman–Crippen LogP) is 4.44. The minimum absolute atomic E-state index is 0.135. The SMILES string of the molecule is Cc1ccc(S(=O)(=O)N2CC(c3ncc(C)c(NC4C5CCC(CC5)[C@@H]4C(=O)O)n3)c3cc(C)cnc32)cc1. The molecule has 3 atom stereocenters. The van der Waals surface area contributed by atoms with E-state index in [4.69, 9.17) is 4.98 Å². The molecule has 1 aromatic carbocycles. The van der Waals surface area contributed by atoms with E-state index in [1.807, 2.05) is 26.8 Å². The van der Waals surface area contributed by atoms with E-state index in [2.05, 4.69) is 15.3 Å². The van der Waals surface area contributed by atoms with Crippen LogP contribution in [0, 0.1) is 38.5 Å². The highest BCUT2D eigenvalue weighted by Gasteiger charge is 2.47. The van der Waals surface area contributed by atoms with Gasteiger partial charge in [0, 0.05) is 29.6 Å². The summed E-state index contributed by atoms with van der Waals surface area (Å²) < 4.78 is 28.8. The molecule has 2 aromatic heterocycles. The van der Waals surface area contributed by atoms with Crippen LogP contribution in [0.2, 0.25) is 0 Å². The molecule has 2 unspecified atom stereocenters. The monoisotopic (exact) mass is 547 g/mol. The first-order chi connectivity index (χ1) is 18.6. The summed E-state index contributed by atoms with van der Waals surface area (Å²) >= 11 is 0. The zero-order valence-corrected chi connectivity index (χ0v) is 23.1. The number of anilines is 2. The highest BCUT2D eigenvalue weighted by atomic mass is 32.2. The van der Waals surface area contributed by atoms with Gasteiger partial charge in [-0.1, -0.05) is 23.8 Å². The van der Waals surface area contributed by atoms with E-state index in [-0.39, 0.29) is 23.4 Å². The number of carboxylic acids is 1. The molecule has 10 heteroatoms. The number of nitrogens with one attached hydrogen (secondary N) is 1. The Morgan fingerprint density at radius 3 is 2.36 bits per heavy atom. The first-order valence-electron chi connectivity index (χ1n) is 13.5. The lowest BCUT2D eigenvalue weighted by Gasteiger charge is -2.47. The highest BCUT2D eigenvalue weighted by Crippen LogP contribution is 2.47. The fraction of sp³-hybridized carbons (Fsp3) is 0.448. The summed E-state index contributed by atoms with van der Waals surface area (Å²) in [6.07, 6.45) is 7.38. The third-order valence-electron chi connectivity index (χ3n) is 8.71. The molecular weight excluding hydrogens is 514 g/mol. The lowest BCUT2D eigenvalue weighted by molar-refractivity contribution is -0.148. The van der Waals surface area contributed by atoms with Crippen molar-refractivity contribution >= 4 is 27.6 Å². The number of benzene rings is 1. The Hall–Kier alpha value is -3.53. The summed E-state index contributed by atoms with van der Waals surface area (Å²) in [6, 6.07) is 8.57. The van der Waals surface area contributed by atoms with Crippen molar-refractivity contribution in [3.8, 4) is 0 Å². The summed E-state index contributed by atoms with van der Waals surface area (Å²) in [5, 5.41) is 13.5. The lowest BCUT2D eigenvalue weighted by Crippen LogP contribution is -2.51. The van der Waals surface area contributed by atoms with Crippen LogP contribution in [0.15, 0.2) is 47.6 Å². The lowest BCUT2D eigenvalue weighted by atomic mass is 9.61. The zero-order chi connectivity index (χ0) is 27.5. The fourth-order valence-electron chi connectivity index (χ4n) is 6.61. The summed E-state index contributed by atoms with van der Waals surface area (Å²) in [7, 11) is -3.85. The number of carbonyl (C=O) groups is 1. The number of fused-ring (bicyclic) bond motifs is 4. The van der Waals surface area contributed by atoms with Gasteiger partial charge in [-0.15, -0.1) is 0 Å². The molecular formula is C29H33N5O4S. The molecule has 3 heterocycles. The average molecular weight is 548 g/mol. The van der Waals surface area contributed by atoms with Crippen molar-refractivity contribution in [2.45, 2.75) is 63.3 Å². The molecule has 3 aliphatic carbocycles. The standard InChI is InChI=1S/C29H33N5O4S/c1-16-4-10-21(11-5-16)39(37,38)34-15-23(22-12-17(2)13-31-28(22)34)27-30-14-18(3)26(33-27)32-25-20-8-6-19(7-9-20)24(25)29(35)36/h4-5,10-14,19-20,23-25H,6-9,15H2,1-3H3,(H,35,36)(H,30,32,33)/t19?,20?,23?,24-,25?/m0/s1. The van der Waals surface area contributed by atoms with Crippen LogP contribution < -0.4 is 9.62 Å². The number of sulfonamides is 1. The second kappa shape index (κ2) is 9.59. The van der Waals surface area contributed by atoms with Gasteiger partial charge >= 0.3 is 5.97 Å². The molecule has 3 aromatic rings. The number of pyridine rings is 1. The Bertz CT molecular complexity index is 1530. The van der Waals surface area contributed by atoms with E-state index in [1.165, 1.54) is 4.31 Å². The first kappa shape index (κ1) is 25.7. The molecule has 39 heavy (non-hydrogen) atoms. The van der Waals surface area contributed by atoms with Gasteiger partial charge in [-0.3, -0.25) is 4.79 Å². The van der Waals surface area contributed by atoms with Gasteiger partial charge in [0.2, 0.25) is 0 Å². The summed E-state index contributed by atoms with van der Waals surface area (Å²) in [5.41, 5.74) is 3.49. The quantitative estimate of drug-likeness (QED) is 0.464. The van der Waals surface area contributed by atoms with Crippen LogP contribution in [-0.2, 0) is 14.8 Å². The Labute approximate surface area is 228 Å². The van der Waals surface area contributed by atoms with Gasteiger partial charge in [-0.25, -0.2) is 27.7 Å². The molecule has 1 aliphatic heterocycles. The molecule has 2 bridgehead atoms. The molecule has 4 aliphatic rings. The summed E-state index contributed by atoms with van der Waals surface area (Å²) in [6.45, 7) is 5.88. The van der Waals surface area contributed by atoms with Crippen LogP contribution in [0.25, 0.3) is 0 Å². The van der Waals surface area contributed by atoms with Gasteiger partial charge in [-0.2, -0.15) is 0 Å². The van der Waals surface area contributed by atoms with Crippen LogP contribution in [0.4, 0.5) is 11.6 Å².